The zero-order valence-corrected chi connectivity index (χ0v) is 18.4. The number of aliphatic hydroxyl groups excluding tert-OH is 1. The van der Waals surface area contributed by atoms with Crippen molar-refractivity contribution in [1.29, 1.82) is 0 Å². The summed E-state index contributed by atoms with van der Waals surface area (Å²) in [6.07, 6.45) is 0.544. The SMILES string of the molecule is CCC(C)C(N)C(=O)N1CCCC1C(=O)NC(C(=O)NC(C(=O)O)C(C)O)C(C)C. The first-order valence-corrected chi connectivity index (χ1v) is 10.5. The summed E-state index contributed by atoms with van der Waals surface area (Å²) in [5, 5.41) is 23.7. The van der Waals surface area contributed by atoms with E-state index in [4.69, 9.17) is 10.8 Å². The monoisotopic (exact) mass is 428 g/mol. The average Bonchev–Trinajstić information content (AvgIpc) is 3.17. The van der Waals surface area contributed by atoms with Crippen LogP contribution < -0.4 is 16.4 Å². The number of carbonyl (C=O) groups is 4. The highest BCUT2D eigenvalue weighted by molar-refractivity contribution is 5.94. The maximum Gasteiger partial charge on any atom is 0.328 e. The minimum atomic E-state index is -1.49. The quantitative estimate of drug-likeness (QED) is 0.311. The lowest BCUT2D eigenvalue weighted by Crippen LogP contribution is -2.59. The van der Waals surface area contributed by atoms with Crippen LogP contribution in [0.15, 0.2) is 0 Å². The van der Waals surface area contributed by atoms with E-state index >= 15 is 0 Å². The summed E-state index contributed by atoms with van der Waals surface area (Å²) < 4.78 is 0. The first kappa shape index (κ1) is 25.8. The predicted molar refractivity (Wildman–Crippen MR) is 110 cm³/mol. The number of hydrogen-bond donors (Lipinski definition) is 5. The second-order valence-corrected chi connectivity index (χ2v) is 8.40. The molecule has 0 spiro atoms. The second kappa shape index (κ2) is 11.3. The number of nitrogens with one attached hydrogen (secondary N) is 2. The van der Waals surface area contributed by atoms with Crippen LogP contribution >= 0.6 is 0 Å². The van der Waals surface area contributed by atoms with Crippen molar-refractivity contribution in [3.8, 4) is 0 Å². The van der Waals surface area contributed by atoms with Gasteiger partial charge >= 0.3 is 5.97 Å². The number of nitrogens with zero attached hydrogens (tertiary/aromatic N) is 1. The van der Waals surface area contributed by atoms with Crippen LogP contribution in [0.25, 0.3) is 0 Å². The van der Waals surface area contributed by atoms with E-state index < -0.39 is 48.1 Å². The normalized spacial score (nSPS) is 21.5. The summed E-state index contributed by atoms with van der Waals surface area (Å²) in [5.41, 5.74) is 6.06. The molecule has 6 unspecified atom stereocenters. The third-order valence-corrected chi connectivity index (χ3v) is 5.67. The number of carboxylic acids is 1. The highest BCUT2D eigenvalue weighted by Crippen LogP contribution is 2.21. The van der Waals surface area contributed by atoms with Gasteiger partial charge in [0.15, 0.2) is 6.04 Å². The Kier molecular flexibility index (Phi) is 9.70. The molecule has 6 atom stereocenters. The molecule has 1 heterocycles. The number of carboxylic acid groups (broad SMARTS) is 1. The highest BCUT2D eigenvalue weighted by Gasteiger charge is 2.39. The van der Waals surface area contributed by atoms with Gasteiger partial charge in [-0.1, -0.05) is 34.1 Å². The standard InChI is InChI=1S/C20H36N4O6/c1-6-11(4)14(21)19(28)24-9-7-8-13(24)17(26)22-15(10(2)3)18(27)23-16(12(5)25)20(29)30/h10-16,25H,6-9,21H2,1-5H3,(H,22,26)(H,23,27)(H,29,30). The van der Waals surface area contributed by atoms with Gasteiger partial charge in [0, 0.05) is 6.54 Å². The van der Waals surface area contributed by atoms with E-state index in [2.05, 4.69) is 10.6 Å². The van der Waals surface area contributed by atoms with E-state index in [0.29, 0.717) is 19.4 Å². The maximum absolute atomic E-state index is 12.9. The molecule has 6 N–H and O–H groups in total. The second-order valence-electron chi connectivity index (χ2n) is 8.40. The maximum atomic E-state index is 12.9. The van der Waals surface area contributed by atoms with Crippen LogP contribution in [0.2, 0.25) is 0 Å². The smallest absolute Gasteiger partial charge is 0.328 e. The molecule has 0 bridgehead atoms. The van der Waals surface area contributed by atoms with Gasteiger partial charge in [-0.05, 0) is 31.6 Å². The van der Waals surface area contributed by atoms with Crippen molar-refractivity contribution in [3.63, 3.8) is 0 Å². The van der Waals surface area contributed by atoms with Gasteiger partial charge in [-0.15, -0.1) is 0 Å². The molecular formula is C20H36N4O6. The molecule has 10 nitrogen and oxygen atoms in total. The molecular weight excluding hydrogens is 392 g/mol. The minimum Gasteiger partial charge on any atom is -0.480 e. The molecule has 10 heteroatoms. The number of aliphatic carboxylic acids is 1. The van der Waals surface area contributed by atoms with Gasteiger partial charge in [-0.2, -0.15) is 0 Å². The molecule has 3 amide bonds. The Morgan fingerprint density at radius 1 is 1.10 bits per heavy atom. The van der Waals surface area contributed by atoms with Crippen molar-refractivity contribution in [1.82, 2.24) is 15.5 Å². The van der Waals surface area contributed by atoms with Gasteiger partial charge < -0.3 is 31.5 Å². The summed E-state index contributed by atoms with van der Waals surface area (Å²) in [6, 6.07) is -3.93. The van der Waals surface area contributed by atoms with E-state index in [1.807, 2.05) is 13.8 Å². The Hall–Kier alpha value is -2.20. The Balaban J connectivity index is 2.90. The minimum absolute atomic E-state index is 0.0237. The third-order valence-electron chi connectivity index (χ3n) is 5.67. The topological polar surface area (TPSA) is 162 Å². The Morgan fingerprint density at radius 3 is 2.17 bits per heavy atom. The van der Waals surface area contributed by atoms with Gasteiger partial charge in [-0.3, -0.25) is 14.4 Å². The van der Waals surface area contributed by atoms with E-state index in [1.165, 1.54) is 11.8 Å². The van der Waals surface area contributed by atoms with Crippen molar-refractivity contribution in [3.05, 3.63) is 0 Å². The van der Waals surface area contributed by atoms with Gasteiger partial charge in [0.25, 0.3) is 0 Å². The van der Waals surface area contributed by atoms with Crippen LogP contribution in [0.4, 0.5) is 0 Å². The summed E-state index contributed by atoms with van der Waals surface area (Å²) in [5.74, 6) is -3.21. The molecule has 1 rings (SSSR count). The van der Waals surface area contributed by atoms with Crippen molar-refractivity contribution in [2.45, 2.75) is 84.2 Å². The van der Waals surface area contributed by atoms with E-state index in [1.54, 1.807) is 13.8 Å². The molecule has 1 fully saturated rings. The fraction of sp³-hybridized carbons (Fsp3) is 0.800. The molecule has 0 aromatic rings. The molecule has 0 saturated carbocycles. The number of nitrogens with two attached hydrogens (primary N) is 1. The first-order valence-electron chi connectivity index (χ1n) is 10.5. The third kappa shape index (κ3) is 6.40. The molecule has 0 radical (unpaired) electrons. The van der Waals surface area contributed by atoms with E-state index in [9.17, 15) is 24.3 Å². The van der Waals surface area contributed by atoms with Crippen LogP contribution in [0.1, 0.15) is 53.9 Å². The summed E-state index contributed by atoms with van der Waals surface area (Å²) in [4.78, 5) is 51.0. The van der Waals surface area contributed by atoms with Crippen LogP contribution in [-0.4, -0.2) is 75.6 Å². The van der Waals surface area contributed by atoms with Crippen LogP contribution in [0.5, 0.6) is 0 Å². The Morgan fingerprint density at radius 2 is 1.70 bits per heavy atom. The summed E-state index contributed by atoms with van der Waals surface area (Å²) in [7, 11) is 0. The fourth-order valence-corrected chi connectivity index (χ4v) is 3.41. The van der Waals surface area contributed by atoms with Crippen molar-refractivity contribution in [2.75, 3.05) is 6.54 Å². The first-order chi connectivity index (χ1) is 13.9. The van der Waals surface area contributed by atoms with Crippen molar-refractivity contribution in [2.24, 2.45) is 17.6 Å². The van der Waals surface area contributed by atoms with Gasteiger partial charge in [0.1, 0.15) is 12.1 Å². The predicted octanol–water partition coefficient (Wildman–Crippen LogP) is -0.558. The van der Waals surface area contributed by atoms with Crippen molar-refractivity contribution >= 4 is 23.7 Å². The largest absolute Gasteiger partial charge is 0.480 e. The molecule has 172 valence electrons. The van der Waals surface area contributed by atoms with Crippen molar-refractivity contribution < 1.29 is 29.4 Å². The number of hydrogen-bond acceptors (Lipinski definition) is 6. The van der Waals surface area contributed by atoms with Gasteiger partial charge in [0.05, 0.1) is 12.1 Å². The molecule has 0 aromatic carbocycles. The van der Waals surface area contributed by atoms with E-state index in [0.717, 1.165) is 6.42 Å². The van der Waals surface area contributed by atoms with E-state index in [-0.39, 0.29) is 17.7 Å². The lowest BCUT2D eigenvalue weighted by Gasteiger charge is -2.31. The average molecular weight is 429 g/mol. The molecule has 1 aliphatic rings. The lowest BCUT2D eigenvalue weighted by molar-refractivity contribution is -0.146. The highest BCUT2D eigenvalue weighted by atomic mass is 16.4. The molecule has 0 aliphatic carbocycles. The number of aliphatic hydroxyl groups is 1. The van der Waals surface area contributed by atoms with Gasteiger partial charge in [-0.25, -0.2) is 4.79 Å². The zero-order chi connectivity index (χ0) is 23.2. The molecule has 30 heavy (non-hydrogen) atoms. The van der Waals surface area contributed by atoms with Crippen LogP contribution in [0.3, 0.4) is 0 Å². The Bertz CT molecular complexity index is 639. The molecule has 1 saturated heterocycles. The molecule has 0 aromatic heterocycles. The summed E-state index contributed by atoms with van der Waals surface area (Å²) >= 11 is 0. The number of likely N-dealkylation sites (tertiary alicyclic amines) is 1. The summed E-state index contributed by atoms with van der Waals surface area (Å²) in [6.45, 7) is 8.91. The number of rotatable bonds is 10. The molecule has 1 aliphatic heterocycles. The van der Waals surface area contributed by atoms with Gasteiger partial charge in [0.2, 0.25) is 17.7 Å². The Labute approximate surface area is 177 Å². The van der Waals surface area contributed by atoms with Crippen LogP contribution in [0, 0.1) is 11.8 Å². The zero-order valence-electron chi connectivity index (χ0n) is 18.4. The number of amides is 3. The lowest BCUT2D eigenvalue weighted by atomic mass is 9.98. The van der Waals surface area contributed by atoms with Crippen LogP contribution in [-0.2, 0) is 19.2 Å². The fourth-order valence-electron chi connectivity index (χ4n) is 3.41. The number of carbonyl (C=O) groups excluding carboxylic acids is 3.